The summed E-state index contributed by atoms with van der Waals surface area (Å²) in [5.41, 5.74) is 6.17. The third-order valence-electron chi connectivity index (χ3n) is 2.60. The Morgan fingerprint density at radius 1 is 1.63 bits per heavy atom. The number of thiol groups is 1. The SMILES string of the molecule is CCCCC(CSCc1cnccc1S)OC(N)=O. The number of ether oxygens (including phenoxy) is 1. The fourth-order valence-electron chi connectivity index (χ4n) is 1.60. The van der Waals surface area contributed by atoms with E-state index in [0.29, 0.717) is 0 Å². The molecule has 0 saturated heterocycles. The topological polar surface area (TPSA) is 65.2 Å². The summed E-state index contributed by atoms with van der Waals surface area (Å²) in [7, 11) is 0. The predicted molar refractivity (Wildman–Crippen MR) is 81.6 cm³/mol. The van der Waals surface area contributed by atoms with E-state index in [-0.39, 0.29) is 6.10 Å². The first kappa shape index (κ1) is 16.2. The van der Waals surface area contributed by atoms with E-state index in [4.69, 9.17) is 10.5 Å². The third-order valence-corrected chi connectivity index (χ3v) is 4.16. The largest absolute Gasteiger partial charge is 0.446 e. The van der Waals surface area contributed by atoms with Crippen LogP contribution in [0.4, 0.5) is 4.79 Å². The molecule has 0 spiro atoms. The zero-order valence-corrected chi connectivity index (χ0v) is 12.8. The molecule has 0 fully saturated rings. The molecule has 1 aromatic rings. The molecule has 1 aromatic heterocycles. The molecule has 0 aliphatic rings. The van der Waals surface area contributed by atoms with Crippen LogP contribution in [-0.2, 0) is 10.5 Å². The molecule has 0 bridgehead atoms. The number of nitrogens with two attached hydrogens (primary N) is 1. The Morgan fingerprint density at radius 2 is 2.42 bits per heavy atom. The smallest absolute Gasteiger partial charge is 0.404 e. The summed E-state index contributed by atoms with van der Waals surface area (Å²) in [6.45, 7) is 2.11. The van der Waals surface area contributed by atoms with Gasteiger partial charge in [-0.3, -0.25) is 4.98 Å². The van der Waals surface area contributed by atoms with E-state index in [9.17, 15) is 4.79 Å². The van der Waals surface area contributed by atoms with Gasteiger partial charge in [-0.2, -0.15) is 11.8 Å². The Labute approximate surface area is 123 Å². The number of nitrogens with zero attached hydrogens (tertiary/aromatic N) is 1. The van der Waals surface area contributed by atoms with Crippen molar-refractivity contribution in [3.63, 3.8) is 0 Å². The van der Waals surface area contributed by atoms with Crippen molar-refractivity contribution in [3.8, 4) is 0 Å². The number of primary amides is 1. The van der Waals surface area contributed by atoms with Crippen molar-refractivity contribution in [2.45, 2.75) is 42.9 Å². The minimum atomic E-state index is -0.696. The summed E-state index contributed by atoms with van der Waals surface area (Å²) in [6, 6.07) is 1.87. The number of pyridine rings is 1. The van der Waals surface area contributed by atoms with Crippen molar-refractivity contribution in [1.29, 1.82) is 0 Å². The quantitative estimate of drug-likeness (QED) is 0.723. The first-order valence-corrected chi connectivity index (χ1v) is 7.89. The molecule has 2 N–H and O–H groups in total. The zero-order valence-electron chi connectivity index (χ0n) is 11.0. The van der Waals surface area contributed by atoms with Crippen LogP contribution in [0.3, 0.4) is 0 Å². The second-order valence-corrected chi connectivity index (χ2v) is 5.73. The van der Waals surface area contributed by atoms with Crippen LogP contribution in [0.1, 0.15) is 31.7 Å². The Bertz CT molecular complexity index is 402. The number of amides is 1. The van der Waals surface area contributed by atoms with E-state index in [1.54, 1.807) is 18.0 Å². The molecule has 0 aliphatic heterocycles. The van der Waals surface area contributed by atoms with Gasteiger partial charge in [-0.15, -0.1) is 12.6 Å². The molecular formula is C13H20N2O2S2. The summed E-state index contributed by atoms with van der Waals surface area (Å²) < 4.78 is 5.10. The van der Waals surface area contributed by atoms with E-state index in [0.717, 1.165) is 41.2 Å². The van der Waals surface area contributed by atoms with Crippen LogP contribution in [-0.4, -0.2) is 22.9 Å². The Balaban J connectivity index is 2.38. The van der Waals surface area contributed by atoms with E-state index in [1.807, 2.05) is 12.3 Å². The highest BCUT2D eigenvalue weighted by Crippen LogP contribution is 2.20. The van der Waals surface area contributed by atoms with Crippen molar-refractivity contribution < 1.29 is 9.53 Å². The summed E-state index contributed by atoms with van der Waals surface area (Å²) >= 11 is 6.08. The number of rotatable bonds is 8. The molecule has 0 radical (unpaired) electrons. The maximum absolute atomic E-state index is 10.8. The highest BCUT2D eigenvalue weighted by Gasteiger charge is 2.12. The predicted octanol–water partition coefficient (Wildman–Crippen LogP) is 3.26. The number of unbranched alkanes of at least 4 members (excludes halogenated alkanes) is 1. The Kier molecular flexibility index (Phi) is 7.74. The molecule has 0 saturated carbocycles. The lowest BCUT2D eigenvalue weighted by atomic mass is 10.2. The van der Waals surface area contributed by atoms with Crippen LogP contribution in [0.2, 0.25) is 0 Å². The van der Waals surface area contributed by atoms with Gasteiger partial charge in [0, 0.05) is 28.8 Å². The highest BCUT2D eigenvalue weighted by atomic mass is 32.2. The molecule has 0 aromatic carbocycles. The van der Waals surface area contributed by atoms with Crippen LogP contribution in [0.5, 0.6) is 0 Å². The lowest BCUT2D eigenvalue weighted by Crippen LogP contribution is -2.24. The van der Waals surface area contributed by atoms with Crippen molar-refractivity contribution in [1.82, 2.24) is 4.98 Å². The van der Waals surface area contributed by atoms with Crippen LogP contribution in [0.15, 0.2) is 23.4 Å². The maximum atomic E-state index is 10.8. The summed E-state index contributed by atoms with van der Waals surface area (Å²) in [5, 5.41) is 0. The molecular weight excluding hydrogens is 280 g/mol. The van der Waals surface area contributed by atoms with E-state index >= 15 is 0 Å². The van der Waals surface area contributed by atoms with E-state index < -0.39 is 6.09 Å². The van der Waals surface area contributed by atoms with Gasteiger partial charge in [0.05, 0.1) is 0 Å². The molecule has 6 heteroatoms. The van der Waals surface area contributed by atoms with E-state index in [2.05, 4.69) is 24.5 Å². The van der Waals surface area contributed by atoms with Crippen LogP contribution >= 0.6 is 24.4 Å². The number of aromatic nitrogens is 1. The van der Waals surface area contributed by atoms with Gasteiger partial charge in [0.15, 0.2) is 0 Å². The fraction of sp³-hybridized carbons (Fsp3) is 0.538. The molecule has 4 nitrogen and oxygen atoms in total. The number of hydrogen-bond acceptors (Lipinski definition) is 5. The van der Waals surface area contributed by atoms with Gasteiger partial charge in [-0.25, -0.2) is 4.79 Å². The van der Waals surface area contributed by atoms with Gasteiger partial charge < -0.3 is 10.5 Å². The molecule has 0 aliphatic carbocycles. The van der Waals surface area contributed by atoms with Crippen molar-refractivity contribution in [2.75, 3.05) is 5.75 Å². The average molecular weight is 300 g/mol. The first-order valence-electron chi connectivity index (χ1n) is 6.29. The number of thioether (sulfide) groups is 1. The zero-order chi connectivity index (χ0) is 14.1. The first-order chi connectivity index (χ1) is 9.13. The van der Waals surface area contributed by atoms with Crippen LogP contribution < -0.4 is 5.73 Å². The van der Waals surface area contributed by atoms with Crippen molar-refractivity contribution in [3.05, 3.63) is 24.0 Å². The molecule has 106 valence electrons. The minimum absolute atomic E-state index is 0.109. The summed E-state index contributed by atoms with van der Waals surface area (Å²) in [5.74, 6) is 1.54. The van der Waals surface area contributed by atoms with Gasteiger partial charge in [0.1, 0.15) is 6.10 Å². The second kappa shape index (κ2) is 9.09. The molecule has 19 heavy (non-hydrogen) atoms. The summed E-state index contributed by atoms with van der Waals surface area (Å²) in [4.78, 5) is 15.8. The Morgan fingerprint density at radius 3 is 3.05 bits per heavy atom. The van der Waals surface area contributed by atoms with Gasteiger partial charge in [0.2, 0.25) is 0 Å². The van der Waals surface area contributed by atoms with E-state index in [1.165, 1.54) is 0 Å². The lowest BCUT2D eigenvalue weighted by Gasteiger charge is -2.16. The second-order valence-electron chi connectivity index (χ2n) is 4.22. The summed E-state index contributed by atoms with van der Waals surface area (Å²) in [6.07, 6.45) is 5.69. The van der Waals surface area contributed by atoms with Crippen LogP contribution in [0.25, 0.3) is 0 Å². The normalized spacial score (nSPS) is 12.1. The standard InChI is InChI=1S/C13H20N2O2S2/c1-2-3-4-11(17-13(14)16)9-19-8-10-7-15-6-5-12(10)18/h5-7,11H,2-4,8-9H2,1H3,(H2,14,16)(H,15,18). The van der Waals surface area contributed by atoms with Gasteiger partial charge in [-0.1, -0.05) is 19.8 Å². The number of carbonyl (C=O) groups is 1. The highest BCUT2D eigenvalue weighted by molar-refractivity contribution is 7.98. The number of hydrogen-bond donors (Lipinski definition) is 2. The minimum Gasteiger partial charge on any atom is -0.446 e. The van der Waals surface area contributed by atoms with Crippen molar-refractivity contribution in [2.24, 2.45) is 5.73 Å². The van der Waals surface area contributed by atoms with Crippen LogP contribution in [0, 0.1) is 0 Å². The average Bonchev–Trinajstić information content (AvgIpc) is 2.37. The maximum Gasteiger partial charge on any atom is 0.404 e. The van der Waals surface area contributed by atoms with Gasteiger partial charge in [0.25, 0.3) is 0 Å². The molecule has 1 amide bonds. The molecule has 1 atom stereocenters. The Hall–Kier alpha value is -0.880. The van der Waals surface area contributed by atoms with Gasteiger partial charge in [-0.05, 0) is 18.1 Å². The third kappa shape index (κ3) is 6.73. The molecule has 1 unspecified atom stereocenters. The molecule has 1 heterocycles. The molecule has 1 rings (SSSR count). The van der Waals surface area contributed by atoms with Gasteiger partial charge >= 0.3 is 6.09 Å². The fourth-order valence-corrected chi connectivity index (χ4v) is 2.98. The monoisotopic (exact) mass is 300 g/mol. The van der Waals surface area contributed by atoms with Crippen molar-refractivity contribution >= 4 is 30.5 Å². The number of carbonyl (C=O) groups excluding carboxylic acids is 1. The lowest BCUT2D eigenvalue weighted by molar-refractivity contribution is 0.112.